The van der Waals surface area contributed by atoms with Gasteiger partial charge in [-0.1, -0.05) is 18.2 Å². The SMILES string of the molecule is OC1(c2cccc3cc[nH]c23)CNC1. The topological polar surface area (TPSA) is 48.0 Å². The zero-order chi connectivity index (χ0) is 9.60. The molecule has 0 spiro atoms. The minimum Gasteiger partial charge on any atom is -0.382 e. The van der Waals surface area contributed by atoms with Crippen LogP contribution in [0.25, 0.3) is 10.9 Å². The van der Waals surface area contributed by atoms with E-state index in [1.54, 1.807) is 0 Å². The Hall–Kier alpha value is -1.32. The number of aromatic amines is 1. The van der Waals surface area contributed by atoms with E-state index in [0.29, 0.717) is 13.1 Å². The van der Waals surface area contributed by atoms with Gasteiger partial charge in [-0.05, 0) is 11.5 Å². The van der Waals surface area contributed by atoms with Crippen LogP contribution < -0.4 is 5.32 Å². The second-order valence-corrected chi connectivity index (χ2v) is 3.88. The van der Waals surface area contributed by atoms with E-state index in [2.05, 4.69) is 10.3 Å². The summed E-state index contributed by atoms with van der Waals surface area (Å²) in [6.45, 7) is 1.29. The first-order chi connectivity index (χ1) is 6.80. The monoisotopic (exact) mass is 188 g/mol. The predicted molar refractivity (Wildman–Crippen MR) is 55.1 cm³/mol. The Labute approximate surface area is 81.8 Å². The molecule has 1 saturated heterocycles. The molecule has 1 aromatic carbocycles. The summed E-state index contributed by atoms with van der Waals surface area (Å²) in [5.74, 6) is 0. The van der Waals surface area contributed by atoms with Crippen LogP contribution in [0.5, 0.6) is 0 Å². The van der Waals surface area contributed by atoms with Gasteiger partial charge in [-0.2, -0.15) is 0 Å². The summed E-state index contributed by atoms with van der Waals surface area (Å²) in [4.78, 5) is 3.17. The average Bonchev–Trinajstić information content (AvgIpc) is 2.61. The number of rotatable bonds is 1. The molecule has 3 N–H and O–H groups in total. The van der Waals surface area contributed by atoms with Crippen molar-refractivity contribution in [2.24, 2.45) is 0 Å². The van der Waals surface area contributed by atoms with Gasteiger partial charge in [-0.15, -0.1) is 0 Å². The quantitative estimate of drug-likeness (QED) is 0.624. The third-order valence-electron chi connectivity index (χ3n) is 2.92. The minimum atomic E-state index is -0.676. The molecular weight excluding hydrogens is 176 g/mol. The maximum atomic E-state index is 10.2. The number of fused-ring (bicyclic) bond motifs is 1. The van der Waals surface area contributed by atoms with Crippen LogP contribution >= 0.6 is 0 Å². The molecular formula is C11H12N2O. The Kier molecular flexibility index (Phi) is 1.48. The molecule has 2 aromatic rings. The largest absolute Gasteiger partial charge is 0.382 e. The van der Waals surface area contributed by atoms with Gasteiger partial charge in [0.1, 0.15) is 5.60 Å². The Bertz CT molecular complexity index is 471. The van der Waals surface area contributed by atoms with Crippen molar-refractivity contribution in [3.63, 3.8) is 0 Å². The average molecular weight is 188 g/mol. The van der Waals surface area contributed by atoms with Crippen molar-refractivity contribution in [1.29, 1.82) is 0 Å². The maximum absolute atomic E-state index is 10.2. The van der Waals surface area contributed by atoms with Gasteiger partial charge in [0.05, 0.1) is 5.52 Å². The van der Waals surface area contributed by atoms with Crippen LogP contribution in [-0.2, 0) is 5.60 Å². The van der Waals surface area contributed by atoms with Crippen LogP contribution in [-0.4, -0.2) is 23.2 Å². The van der Waals surface area contributed by atoms with Crippen molar-refractivity contribution in [1.82, 2.24) is 10.3 Å². The Morgan fingerprint density at radius 2 is 2.07 bits per heavy atom. The Morgan fingerprint density at radius 1 is 1.21 bits per heavy atom. The molecule has 72 valence electrons. The predicted octanol–water partition coefficient (Wildman–Crippen LogP) is 0.959. The van der Waals surface area contributed by atoms with Crippen LogP contribution in [0.2, 0.25) is 0 Å². The van der Waals surface area contributed by atoms with E-state index in [0.717, 1.165) is 16.5 Å². The highest BCUT2D eigenvalue weighted by Crippen LogP contribution is 2.30. The fourth-order valence-corrected chi connectivity index (χ4v) is 2.02. The molecule has 0 aliphatic carbocycles. The summed E-state index contributed by atoms with van der Waals surface area (Å²) in [5.41, 5.74) is 1.37. The van der Waals surface area contributed by atoms with E-state index in [1.165, 1.54) is 0 Å². The molecule has 3 nitrogen and oxygen atoms in total. The molecule has 3 heteroatoms. The van der Waals surface area contributed by atoms with Crippen molar-refractivity contribution in [3.8, 4) is 0 Å². The minimum absolute atomic E-state index is 0.644. The lowest BCUT2D eigenvalue weighted by molar-refractivity contribution is -0.0134. The van der Waals surface area contributed by atoms with Gasteiger partial charge >= 0.3 is 0 Å². The number of hydrogen-bond acceptors (Lipinski definition) is 2. The number of para-hydroxylation sites is 1. The molecule has 2 heterocycles. The van der Waals surface area contributed by atoms with Crippen LogP contribution in [0.3, 0.4) is 0 Å². The first-order valence-corrected chi connectivity index (χ1v) is 4.79. The Morgan fingerprint density at radius 3 is 2.79 bits per heavy atom. The van der Waals surface area contributed by atoms with Gasteiger partial charge in [-0.25, -0.2) is 0 Å². The van der Waals surface area contributed by atoms with Crippen LogP contribution in [0.15, 0.2) is 30.5 Å². The lowest BCUT2D eigenvalue weighted by atomic mass is 9.87. The zero-order valence-corrected chi connectivity index (χ0v) is 7.75. The van der Waals surface area contributed by atoms with Gasteiger partial charge < -0.3 is 15.4 Å². The van der Waals surface area contributed by atoms with Crippen LogP contribution in [0.1, 0.15) is 5.56 Å². The number of aromatic nitrogens is 1. The van der Waals surface area contributed by atoms with Crippen LogP contribution in [0, 0.1) is 0 Å². The van der Waals surface area contributed by atoms with E-state index in [9.17, 15) is 5.11 Å². The van der Waals surface area contributed by atoms with E-state index in [1.807, 2.05) is 30.5 Å². The molecule has 0 amide bonds. The summed E-state index contributed by atoms with van der Waals surface area (Å²) in [5, 5.41) is 14.5. The van der Waals surface area contributed by atoms with Gasteiger partial charge in [0.2, 0.25) is 0 Å². The molecule has 1 fully saturated rings. The maximum Gasteiger partial charge on any atom is 0.116 e. The number of nitrogens with one attached hydrogen (secondary N) is 2. The van der Waals surface area contributed by atoms with Crippen molar-refractivity contribution >= 4 is 10.9 Å². The molecule has 0 atom stereocenters. The normalized spacial score (nSPS) is 19.5. The fourth-order valence-electron chi connectivity index (χ4n) is 2.02. The third-order valence-corrected chi connectivity index (χ3v) is 2.92. The molecule has 14 heavy (non-hydrogen) atoms. The number of benzene rings is 1. The number of aliphatic hydroxyl groups is 1. The third kappa shape index (κ3) is 0.937. The van der Waals surface area contributed by atoms with Gasteiger partial charge in [0.15, 0.2) is 0 Å². The lowest BCUT2D eigenvalue weighted by Crippen LogP contribution is -2.56. The second-order valence-electron chi connectivity index (χ2n) is 3.88. The summed E-state index contributed by atoms with van der Waals surface area (Å²) in [7, 11) is 0. The molecule has 0 unspecified atom stereocenters. The molecule has 0 saturated carbocycles. The first-order valence-electron chi connectivity index (χ1n) is 4.79. The second kappa shape index (κ2) is 2.59. The molecule has 1 aromatic heterocycles. The van der Waals surface area contributed by atoms with Gasteiger partial charge in [0, 0.05) is 24.8 Å². The van der Waals surface area contributed by atoms with Crippen molar-refractivity contribution in [2.45, 2.75) is 5.60 Å². The number of hydrogen-bond donors (Lipinski definition) is 3. The van der Waals surface area contributed by atoms with E-state index in [4.69, 9.17) is 0 Å². The first kappa shape index (κ1) is 8.03. The highest BCUT2D eigenvalue weighted by molar-refractivity contribution is 5.83. The highest BCUT2D eigenvalue weighted by atomic mass is 16.3. The van der Waals surface area contributed by atoms with Gasteiger partial charge in [0.25, 0.3) is 0 Å². The van der Waals surface area contributed by atoms with Crippen molar-refractivity contribution in [3.05, 3.63) is 36.0 Å². The van der Waals surface area contributed by atoms with Crippen molar-refractivity contribution < 1.29 is 5.11 Å². The summed E-state index contributed by atoms with van der Waals surface area (Å²) >= 11 is 0. The summed E-state index contributed by atoms with van der Waals surface area (Å²) < 4.78 is 0. The molecule has 0 radical (unpaired) electrons. The molecule has 0 bridgehead atoms. The Balaban J connectivity index is 2.24. The summed E-state index contributed by atoms with van der Waals surface area (Å²) in [6.07, 6.45) is 1.91. The van der Waals surface area contributed by atoms with Crippen LogP contribution in [0.4, 0.5) is 0 Å². The van der Waals surface area contributed by atoms with E-state index < -0.39 is 5.60 Å². The lowest BCUT2D eigenvalue weighted by Gasteiger charge is -2.38. The molecule has 1 aliphatic heterocycles. The fraction of sp³-hybridized carbons (Fsp3) is 0.273. The number of β-amino-alcohol motifs (C(OH)–C–C–N with tert-alkyl or cyclic N) is 1. The van der Waals surface area contributed by atoms with E-state index >= 15 is 0 Å². The highest BCUT2D eigenvalue weighted by Gasteiger charge is 2.37. The number of H-pyrrole nitrogens is 1. The van der Waals surface area contributed by atoms with E-state index in [-0.39, 0.29) is 0 Å². The standard InChI is InChI=1S/C11H12N2O/c14-11(6-12-7-11)9-3-1-2-8-4-5-13-10(8)9/h1-5,12-14H,6-7H2. The molecule has 1 aliphatic rings. The van der Waals surface area contributed by atoms with Crippen molar-refractivity contribution in [2.75, 3.05) is 13.1 Å². The smallest absolute Gasteiger partial charge is 0.116 e. The summed E-state index contributed by atoms with van der Waals surface area (Å²) in [6, 6.07) is 8.04. The van der Waals surface area contributed by atoms with Gasteiger partial charge in [-0.3, -0.25) is 0 Å². The zero-order valence-electron chi connectivity index (χ0n) is 7.75. The molecule has 3 rings (SSSR count).